The van der Waals surface area contributed by atoms with Crippen LogP contribution in [0, 0.1) is 5.92 Å². The fourth-order valence-corrected chi connectivity index (χ4v) is 2.85. The minimum absolute atomic E-state index is 0.0258. The number of pyridine rings is 1. The molecule has 120 valence electrons. The molecule has 1 aromatic heterocycles. The number of nitrogens with zero attached hydrogens (tertiary/aromatic N) is 2. The van der Waals surface area contributed by atoms with Crippen molar-refractivity contribution in [3.63, 3.8) is 0 Å². The molecule has 1 amide bonds. The molecule has 2 heterocycles. The first-order valence-corrected chi connectivity index (χ1v) is 7.89. The van der Waals surface area contributed by atoms with Gasteiger partial charge in [0.1, 0.15) is 17.2 Å². The summed E-state index contributed by atoms with van der Waals surface area (Å²) in [5, 5.41) is 3.17. The average Bonchev–Trinajstić information content (AvgIpc) is 3.04. The maximum absolute atomic E-state index is 12.6. The second kappa shape index (κ2) is 7.24. The highest BCUT2D eigenvalue weighted by Crippen LogP contribution is 2.23. The van der Waals surface area contributed by atoms with Crippen LogP contribution in [0.15, 0.2) is 48.7 Å². The zero-order valence-electron chi connectivity index (χ0n) is 13.2. The number of amides is 1. The Hall–Kier alpha value is -2.40. The van der Waals surface area contributed by atoms with Crippen molar-refractivity contribution < 1.29 is 9.53 Å². The van der Waals surface area contributed by atoms with Crippen LogP contribution in [0.1, 0.15) is 16.9 Å². The Labute approximate surface area is 136 Å². The fraction of sp³-hybridized carbons (Fsp3) is 0.333. The average molecular weight is 311 g/mol. The molecule has 1 aliphatic rings. The smallest absolute Gasteiger partial charge is 0.272 e. The molecule has 0 bridgehead atoms. The predicted octanol–water partition coefficient (Wildman–Crippen LogP) is 2.56. The first-order chi connectivity index (χ1) is 11.3. The Balaban J connectivity index is 1.68. The van der Waals surface area contributed by atoms with Crippen LogP contribution in [0.4, 0.5) is 0 Å². The van der Waals surface area contributed by atoms with E-state index in [0.29, 0.717) is 17.4 Å². The van der Waals surface area contributed by atoms with Crippen LogP contribution < -0.4 is 10.1 Å². The maximum Gasteiger partial charge on any atom is 0.272 e. The summed E-state index contributed by atoms with van der Waals surface area (Å²) in [6.07, 6.45) is 2.65. The number of carbonyl (C=O) groups excluding carboxylic acids is 1. The summed E-state index contributed by atoms with van der Waals surface area (Å²) in [4.78, 5) is 18.7. The molecule has 2 aromatic rings. The molecule has 1 aromatic carbocycles. The molecule has 23 heavy (non-hydrogen) atoms. The molecule has 1 aliphatic heterocycles. The van der Waals surface area contributed by atoms with Gasteiger partial charge < -0.3 is 15.0 Å². The van der Waals surface area contributed by atoms with E-state index < -0.39 is 0 Å². The quantitative estimate of drug-likeness (QED) is 0.922. The van der Waals surface area contributed by atoms with Crippen LogP contribution in [-0.2, 0) is 0 Å². The molecular weight excluding hydrogens is 290 g/mol. The number of para-hydroxylation sites is 1. The largest absolute Gasteiger partial charge is 0.457 e. The van der Waals surface area contributed by atoms with Crippen LogP contribution in [0.2, 0.25) is 0 Å². The van der Waals surface area contributed by atoms with E-state index in [4.69, 9.17) is 4.74 Å². The van der Waals surface area contributed by atoms with Gasteiger partial charge in [0.05, 0.1) is 0 Å². The third-order valence-electron chi connectivity index (χ3n) is 4.00. The van der Waals surface area contributed by atoms with Gasteiger partial charge in [-0.3, -0.25) is 9.78 Å². The number of nitrogens with one attached hydrogen (secondary N) is 1. The topological polar surface area (TPSA) is 54.5 Å². The maximum atomic E-state index is 12.6. The van der Waals surface area contributed by atoms with Crippen molar-refractivity contribution >= 4 is 5.91 Å². The van der Waals surface area contributed by atoms with Crippen molar-refractivity contribution in [1.29, 1.82) is 0 Å². The summed E-state index contributed by atoms with van der Waals surface area (Å²) in [7, 11) is 1.94. The summed E-state index contributed by atoms with van der Waals surface area (Å²) in [5.41, 5.74) is 0.434. The van der Waals surface area contributed by atoms with Gasteiger partial charge in [-0.1, -0.05) is 18.2 Å². The summed E-state index contributed by atoms with van der Waals surface area (Å²) < 4.78 is 5.77. The molecule has 0 aliphatic carbocycles. The molecule has 0 radical (unpaired) electrons. The van der Waals surface area contributed by atoms with Gasteiger partial charge in [0.25, 0.3) is 5.91 Å². The number of likely N-dealkylation sites (tertiary alicyclic amines) is 1. The Morgan fingerprint density at radius 1 is 1.30 bits per heavy atom. The third kappa shape index (κ3) is 3.87. The van der Waals surface area contributed by atoms with Gasteiger partial charge in [0.15, 0.2) is 0 Å². The molecule has 1 N–H and O–H groups in total. The molecule has 0 saturated carbocycles. The normalized spacial score (nSPS) is 17.3. The Morgan fingerprint density at radius 3 is 2.91 bits per heavy atom. The summed E-state index contributed by atoms with van der Waals surface area (Å²) in [6.45, 7) is 2.51. The Kier molecular flexibility index (Phi) is 4.88. The van der Waals surface area contributed by atoms with E-state index >= 15 is 0 Å². The molecule has 1 unspecified atom stereocenters. The number of ether oxygens (including phenoxy) is 1. The number of rotatable bonds is 5. The van der Waals surface area contributed by atoms with E-state index in [1.165, 1.54) is 0 Å². The van der Waals surface area contributed by atoms with Crippen molar-refractivity contribution in [2.24, 2.45) is 5.92 Å². The number of carbonyl (C=O) groups is 1. The van der Waals surface area contributed by atoms with Crippen LogP contribution in [0.5, 0.6) is 11.5 Å². The highest BCUT2D eigenvalue weighted by atomic mass is 16.5. The van der Waals surface area contributed by atoms with E-state index in [9.17, 15) is 4.79 Å². The minimum Gasteiger partial charge on any atom is -0.457 e. The number of benzene rings is 1. The zero-order chi connectivity index (χ0) is 16.1. The van der Waals surface area contributed by atoms with Gasteiger partial charge in [-0.15, -0.1) is 0 Å². The Bertz CT molecular complexity index is 660. The van der Waals surface area contributed by atoms with E-state index in [1.807, 2.05) is 42.3 Å². The number of hydrogen-bond acceptors (Lipinski definition) is 4. The summed E-state index contributed by atoms with van der Waals surface area (Å²) >= 11 is 0. The van der Waals surface area contributed by atoms with Gasteiger partial charge >= 0.3 is 0 Å². The lowest BCUT2D eigenvalue weighted by molar-refractivity contribution is 0.0781. The highest BCUT2D eigenvalue weighted by molar-refractivity contribution is 5.92. The molecule has 1 fully saturated rings. The minimum atomic E-state index is -0.0258. The molecule has 5 nitrogen and oxygen atoms in total. The van der Waals surface area contributed by atoms with Crippen molar-refractivity contribution in [2.75, 3.05) is 26.7 Å². The lowest BCUT2D eigenvalue weighted by Gasteiger charge is -2.16. The van der Waals surface area contributed by atoms with Gasteiger partial charge in [-0.05, 0) is 44.1 Å². The van der Waals surface area contributed by atoms with E-state index in [0.717, 1.165) is 31.8 Å². The van der Waals surface area contributed by atoms with Crippen molar-refractivity contribution in [1.82, 2.24) is 15.2 Å². The standard InChI is InChI=1S/C18H21N3O2/c1-19-12-14-8-10-21(13-14)18(22)17-11-16(7-9-20-17)23-15-5-3-2-4-6-15/h2-7,9,11,14,19H,8,10,12-13H2,1H3. The van der Waals surface area contributed by atoms with E-state index in [-0.39, 0.29) is 5.91 Å². The fourth-order valence-electron chi connectivity index (χ4n) is 2.85. The highest BCUT2D eigenvalue weighted by Gasteiger charge is 2.27. The van der Waals surface area contributed by atoms with Crippen molar-refractivity contribution in [3.05, 3.63) is 54.4 Å². The van der Waals surface area contributed by atoms with Gasteiger partial charge in [0, 0.05) is 25.4 Å². The second-order valence-corrected chi connectivity index (χ2v) is 5.76. The lowest BCUT2D eigenvalue weighted by atomic mass is 10.1. The molecule has 3 rings (SSSR count). The molecule has 5 heteroatoms. The van der Waals surface area contributed by atoms with Gasteiger partial charge in [0.2, 0.25) is 0 Å². The van der Waals surface area contributed by atoms with Crippen LogP contribution in [0.25, 0.3) is 0 Å². The van der Waals surface area contributed by atoms with Gasteiger partial charge in [-0.2, -0.15) is 0 Å². The molecule has 0 spiro atoms. The molecular formula is C18H21N3O2. The van der Waals surface area contributed by atoms with Crippen LogP contribution in [-0.4, -0.2) is 42.5 Å². The second-order valence-electron chi connectivity index (χ2n) is 5.76. The first kappa shape index (κ1) is 15.5. The third-order valence-corrected chi connectivity index (χ3v) is 4.00. The van der Waals surface area contributed by atoms with Crippen molar-refractivity contribution in [2.45, 2.75) is 6.42 Å². The first-order valence-electron chi connectivity index (χ1n) is 7.89. The zero-order valence-corrected chi connectivity index (χ0v) is 13.2. The van der Waals surface area contributed by atoms with Crippen LogP contribution >= 0.6 is 0 Å². The van der Waals surface area contributed by atoms with Crippen LogP contribution in [0.3, 0.4) is 0 Å². The number of hydrogen-bond donors (Lipinski definition) is 1. The van der Waals surface area contributed by atoms with Gasteiger partial charge in [-0.25, -0.2) is 0 Å². The predicted molar refractivity (Wildman–Crippen MR) is 88.7 cm³/mol. The number of aromatic nitrogens is 1. The monoisotopic (exact) mass is 311 g/mol. The summed E-state index contributed by atoms with van der Waals surface area (Å²) in [5.74, 6) is 1.86. The van der Waals surface area contributed by atoms with E-state index in [1.54, 1.807) is 18.3 Å². The Morgan fingerprint density at radius 2 is 2.13 bits per heavy atom. The molecule has 1 saturated heterocycles. The molecule has 1 atom stereocenters. The summed E-state index contributed by atoms with van der Waals surface area (Å²) in [6, 6.07) is 13.0. The van der Waals surface area contributed by atoms with Crippen molar-refractivity contribution in [3.8, 4) is 11.5 Å². The SMILES string of the molecule is CNCC1CCN(C(=O)c2cc(Oc3ccccc3)ccn2)C1. The van der Waals surface area contributed by atoms with E-state index in [2.05, 4.69) is 10.3 Å². The lowest BCUT2D eigenvalue weighted by Crippen LogP contribution is -2.30.